The number of hydrogen-bond acceptors (Lipinski definition) is 7. The van der Waals surface area contributed by atoms with Crippen molar-refractivity contribution in [2.24, 2.45) is 0 Å². The standard InChI is InChI=1S/C22H23N5O3S/c1-13-24-25-21(31-13)15-5-4-6-16(11-15)23-20(28)18-7-2-3-10-27(18)22(29)17-12-19(30-26-17)14-8-9-14/h4-6,11-12,14,18H,2-3,7-10H2,1H3,(H,23,28). The van der Waals surface area contributed by atoms with Gasteiger partial charge in [-0.2, -0.15) is 0 Å². The van der Waals surface area contributed by atoms with E-state index in [9.17, 15) is 9.59 Å². The van der Waals surface area contributed by atoms with Crippen molar-refractivity contribution in [2.45, 2.75) is 51.0 Å². The minimum absolute atomic E-state index is 0.190. The molecule has 5 rings (SSSR count). The molecule has 31 heavy (non-hydrogen) atoms. The number of piperidine rings is 1. The summed E-state index contributed by atoms with van der Waals surface area (Å²) in [5.74, 6) is 0.724. The first-order chi connectivity index (χ1) is 15.1. The molecule has 1 saturated carbocycles. The molecule has 1 saturated heterocycles. The largest absolute Gasteiger partial charge is 0.360 e. The highest BCUT2D eigenvalue weighted by Gasteiger charge is 2.35. The van der Waals surface area contributed by atoms with Crippen molar-refractivity contribution in [3.05, 3.63) is 46.8 Å². The number of nitrogens with zero attached hydrogens (tertiary/aromatic N) is 4. The average molecular weight is 438 g/mol. The van der Waals surface area contributed by atoms with Gasteiger partial charge in [-0.1, -0.05) is 28.6 Å². The number of aryl methyl sites for hydroxylation is 1. The van der Waals surface area contributed by atoms with E-state index in [-0.39, 0.29) is 17.5 Å². The van der Waals surface area contributed by atoms with Crippen molar-refractivity contribution < 1.29 is 14.1 Å². The molecule has 3 heterocycles. The second-order valence-corrected chi connectivity index (χ2v) is 9.28. The summed E-state index contributed by atoms with van der Waals surface area (Å²) in [7, 11) is 0. The maximum atomic E-state index is 13.1. The molecular weight excluding hydrogens is 414 g/mol. The van der Waals surface area contributed by atoms with Crippen molar-refractivity contribution in [1.29, 1.82) is 0 Å². The van der Waals surface area contributed by atoms with Gasteiger partial charge in [0.25, 0.3) is 5.91 Å². The van der Waals surface area contributed by atoms with Gasteiger partial charge in [-0.15, -0.1) is 10.2 Å². The molecule has 2 aromatic heterocycles. The number of anilines is 1. The van der Waals surface area contributed by atoms with Crippen molar-refractivity contribution in [1.82, 2.24) is 20.3 Å². The fourth-order valence-electron chi connectivity index (χ4n) is 3.91. The lowest BCUT2D eigenvalue weighted by Gasteiger charge is -2.34. The van der Waals surface area contributed by atoms with E-state index < -0.39 is 6.04 Å². The molecule has 1 N–H and O–H groups in total. The Morgan fingerprint density at radius 3 is 2.81 bits per heavy atom. The Morgan fingerprint density at radius 2 is 2.03 bits per heavy atom. The van der Waals surface area contributed by atoms with E-state index in [0.717, 1.165) is 47.0 Å². The molecule has 2 aliphatic rings. The van der Waals surface area contributed by atoms with E-state index in [1.807, 2.05) is 31.2 Å². The Bertz CT molecular complexity index is 1120. The number of likely N-dealkylation sites (tertiary alicyclic amines) is 1. The number of carbonyl (C=O) groups is 2. The van der Waals surface area contributed by atoms with Gasteiger partial charge < -0.3 is 14.7 Å². The van der Waals surface area contributed by atoms with Crippen LogP contribution in [0.15, 0.2) is 34.9 Å². The predicted molar refractivity (Wildman–Crippen MR) is 116 cm³/mol. The molecular formula is C22H23N5O3S. The molecule has 9 heteroatoms. The highest BCUT2D eigenvalue weighted by atomic mass is 32.1. The second-order valence-electron chi connectivity index (χ2n) is 8.10. The maximum Gasteiger partial charge on any atom is 0.276 e. The predicted octanol–water partition coefficient (Wildman–Crippen LogP) is 4.01. The van der Waals surface area contributed by atoms with Crippen LogP contribution in [-0.4, -0.2) is 44.7 Å². The van der Waals surface area contributed by atoms with Crippen molar-refractivity contribution in [2.75, 3.05) is 11.9 Å². The molecule has 0 radical (unpaired) electrons. The van der Waals surface area contributed by atoms with Crippen LogP contribution in [0, 0.1) is 6.92 Å². The van der Waals surface area contributed by atoms with Gasteiger partial charge >= 0.3 is 0 Å². The molecule has 1 aromatic carbocycles. The van der Waals surface area contributed by atoms with Gasteiger partial charge in [-0.3, -0.25) is 9.59 Å². The third kappa shape index (κ3) is 4.23. The highest BCUT2D eigenvalue weighted by molar-refractivity contribution is 7.14. The summed E-state index contributed by atoms with van der Waals surface area (Å²) in [5, 5.41) is 16.9. The summed E-state index contributed by atoms with van der Waals surface area (Å²) in [6.07, 6.45) is 4.55. The van der Waals surface area contributed by atoms with Crippen molar-refractivity contribution in [3.8, 4) is 10.6 Å². The lowest BCUT2D eigenvalue weighted by atomic mass is 10.0. The lowest BCUT2D eigenvalue weighted by molar-refractivity contribution is -0.121. The summed E-state index contributed by atoms with van der Waals surface area (Å²) in [6.45, 7) is 2.44. The Morgan fingerprint density at radius 1 is 1.16 bits per heavy atom. The maximum absolute atomic E-state index is 13.1. The van der Waals surface area contributed by atoms with E-state index >= 15 is 0 Å². The van der Waals surface area contributed by atoms with Gasteiger partial charge in [0.15, 0.2) is 5.69 Å². The number of rotatable bonds is 5. The molecule has 1 aliphatic carbocycles. The highest BCUT2D eigenvalue weighted by Crippen LogP contribution is 2.40. The van der Waals surface area contributed by atoms with Crippen LogP contribution in [0.25, 0.3) is 10.6 Å². The minimum atomic E-state index is -0.533. The molecule has 1 aliphatic heterocycles. The number of amides is 2. The molecule has 0 spiro atoms. The second kappa shape index (κ2) is 8.22. The van der Waals surface area contributed by atoms with Gasteiger partial charge in [-0.25, -0.2) is 0 Å². The Balaban J connectivity index is 1.31. The summed E-state index contributed by atoms with van der Waals surface area (Å²) >= 11 is 1.50. The normalized spacial score (nSPS) is 18.7. The molecule has 2 amide bonds. The Hall–Kier alpha value is -3.07. The fourth-order valence-corrected chi connectivity index (χ4v) is 4.60. The molecule has 1 atom stereocenters. The van der Waals surface area contributed by atoms with Crippen LogP contribution in [0.1, 0.15) is 59.3 Å². The number of nitrogens with one attached hydrogen (secondary N) is 1. The van der Waals surface area contributed by atoms with E-state index in [2.05, 4.69) is 20.7 Å². The molecule has 3 aromatic rings. The zero-order chi connectivity index (χ0) is 21.4. The van der Waals surface area contributed by atoms with E-state index in [0.29, 0.717) is 24.6 Å². The smallest absolute Gasteiger partial charge is 0.276 e. The number of aromatic nitrogens is 3. The first-order valence-corrected chi connectivity index (χ1v) is 11.4. The molecule has 160 valence electrons. The Kier molecular flexibility index (Phi) is 5.27. The summed E-state index contributed by atoms with van der Waals surface area (Å²) in [4.78, 5) is 27.8. The van der Waals surface area contributed by atoms with Crippen LogP contribution in [0.5, 0.6) is 0 Å². The molecule has 1 unspecified atom stereocenters. The van der Waals surface area contributed by atoms with Crippen molar-refractivity contribution >= 4 is 28.8 Å². The summed E-state index contributed by atoms with van der Waals surface area (Å²) in [6, 6.07) is 8.73. The fraction of sp³-hybridized carbons (Fsp3) is 0.409. The number of carbonyl (C=O) groups excluding carboxylic acids is 2. The van der Waals surface area contributed by atoms with Crippen LogP contribution in [0.3, 0.4) is 0 Å². The van der Waals surface area contributed by atoms with Crippen molar-refractivity contribution in [3.63, 3.8) is 0 Å². The van der Waals surface area contributed by atoms with E-state index in [1.165, 1.54) is 11.3 Å². The van der Waals surface area contributed by atoms with Gasteiger partial charge in [0.05, 0.1) is 0 Å². The molecule has 8 nitrogen and oxygen atoms in total. The third-order valence-electron chi connectivity index (χ3n) is 5.70. The first-order valence-electron chi connectivity index (χ1n) is 10.6. The van der Waals surface area contributed by atoms with Crippen LogP contribution in [0.2, 0.25) is 0 Å². The van der Waals surface area contributed by atoms with Gasteiger partial charge in [0.2, 0.25) is 5.91 Å². The average Bonchev–Trinajstić information content (AvgIpc) is 3.35. The van der Waals surface area contributed by atoms with Gasteiger partial charge in [0.1, 0.15) is 21.8 Å². The van der Waals surface area contributed by atoms with Gasteiger partial charge in [-0.05, 0) is 51.2 Å². The number of hydrogen-bond donors (Lipinski definition) is 1. The monoisotopic (exact) mass is 437 g/mol. The lowest BCUT2D eigenvalue weighted by Crippen LogP contribution is -2.50. The third-order valence-corrected chi connectivity index (χ3v) is 6.58. The zero-order valence-corrected chi connectivity index (χ0v) is 18.0. The number of benzene rings is 1. The first kappa shape index (κ1) is 19.9. The minimum Gasteiger partial charge on any atom is -0.360 e. The summed E-state index contributed by atoms with van der Waals surface area (Å²) in [5.41, 5.74) is 1.86. The van der Waals surface area contributed by atoms with Crippen LogP contribution >= 0.6 is 11.3 Å². The van der Waals surface area contributed by atoms with Crippen LogP contribution in [0.4, 0.5) is 5.69 Å². The summed E-state index contributed by atoms with van der Waals surface area (Å²) < 4.78 is 5.34. The Labute approximate surface area is 183 Å². The zero-order valence-electron chi connectivity index (χ0n) is 17.2. The SMILES string of the molecule is Cc1nnc(-c2cccc(NC(=O)C3CCCCN3C(=O)c3cc(C4CC4)on3)c2)s1. The molecule has 2 fully saturated rings. The van der Waals surface area contributed by atoms with Crippen LogP contribution in [-0.2, 0) is 4.79 Å². The van der Waals surface area contributed by atoms with E-state index in [1.54, 1.807) is 11.0 Å². The molecule has 0 bridgehead atoms. The van der Waals surface area contributed by atoms with Gasteiger partial charge in [0, 0.05) is 29.8 Å². The van der Waals surface area contributed by atoms with E-state index in [4.69, 9.17) is 4.52 Å². The topological polar surface area (TPSA) is 101 Å². The quantitative estimate of drug-likeness (QED) is 0.647. The van der Waals surface area contributed by atoms with Crippen LogP contribution < -0.4 is 5.32 Å².